The zero-order valence-electron chi connectivity index (χ0n) is 5.90. The Bertz CT molecular complexity index is 256. The topological polar surface area (TPSA) is 81.1 Å². The number of aromatic nitrogens is 2. The van der Waals surface area contributed by atoms with E-state index in [1.165, 1.54) is 10.7 Å². The largest absolute Gasteiger partial charge is 0.394 e. The Hall–Kier alpha value is -1.36. The quantitative estimate of drug-likeness (QED) is 0.585. The molecule has 0 unspecified atom stereocenters. The first-order valence-corrected chi connectivity index (χ1v) is 3.18. The van der Waals surface area contributed by atoms with Crippen LogP contribution in [-0.2, 0) is 6.54 Å². The number of aliphatic hydroxyl groups is 1. The molecule has 1 rings (SSSR count). The van der Waals surface area contributed by atoms with Crippen molar-refractivity contribution < 1.29 is 9.90 Å². The predicted molar refractivity (Wildman–Crippen MR) is 37.8 cm³/mol. The maximum Gasteiger partial charge on any atom is 0.269 e. The van der Waals surface area contributed by atoms with Gasteiger partial charge in [-0.05, 0) is 6.07 Å². The summed E-state index contributed by atoms with van der Waals surface area (Å²) in [5.74, 6) is -0.554. The normalized spacial score (nSPS) is 9.91. The highest BCUT2D eigenvalue weighted by Gasteiger charge is 2.02. The molecule has 0 aromatic carbocycles. The average Bonchev–Trinajstić information content (AvgIpc) is 2.37. The first kappa shape index (κ1) is 7.74. The molecule has 11 heavy (non-hydrogen) atoms. The second-order valence-electron chi connectivity index (χ2n) is 2.05. The Morgan fingerprint density at radius 3 is 3.00 bits per heavy atom. The lowest BCUT2D eigenvalue weighted by Gasteiger charge is -1.93. The van der Waals surface area contributed by atoms with Gasteiger partial charge in [0.15, 0.2) is 0 Å². The number of carbonyl (C=O) groups excluding carboxylic acids is 1. The molecule has 1 aromatic heterocycles. The van der Waals surface area contributed by atoms with Crippen molar-refractivity contribution in [2.24, 2.45) is 5.73 Å². The van der Waals surface area contributed by atoms with E-state index in [1.807, 2.05) is 0 Å². The van der Waals surface area contributed by atoms with Crippen LogP contribution in [0.1, 0.15) is 10.5 Å². The first-order valence-electron chi connectivity index (χ1n) is 3.18. The van der Waals surface area contributed by atoms with Crippen LogP contribution in [0, 0.1) is 0 Å². The Kier molecular flexibility index (Phi) is 2.22. The summed E-state index contributed by atoms with van der Waals surface area (Å²) in [6.07, 6.45) is 1.59. The molecule has 0 aliphatic heterocycles. The van der Waals surface area contributed by atoms with Crippen LogP contribution in [-0.4, -0.2) is 27.4 Å². The fourth-order valence-corrected chi connectivity index (χ4v) is 0.720. The SMILES string of the molecule is NC(=O)c1ccn(CCO)n1. The number of carbonyl (C=O) groups is 1. The smallest absolute Gasteiger partial charge is 0.269 e. The van der Waals surface area contributed by atoms with Gasteiger partial charge in [0.2, 0.25) is 0 Å². The van der Waals surface area contributed by atoms with Crippen LogP contribution in [0.25, 0.3) is 0 Å². The highest BCUT2D eigenvalue weighted by molar-refractivity contribution is 5.90. The molecule has 5 nitrogen and oxygen atoms in total. The van der Waals surface area contributed by atoms with Crippen molar-refractivity contribution >= 4 is 5.91 Å². The lowest BCUT2D eigenvalue weighted by Crippen LogP contribution is -2.13. The predicted octanol–water partition coefficient (Wildman–Crippen LogP) is -1.03. The number of rotatable bonds is 3. The van der Waals surface area contributed by atoms with Gasteiger partial charge in [0.1, 0.15) is 5.69 Å². The first-order chi connectivity index (χ1) is 5.24. The fraction of sp³-hybridized carbons (Fsp3) is 0.333. The minimum Gasteiger partial charge on any atom is -0.394 e. The number of primary amides is 1. The van der Waals surface area contributed by atoms with Crippen molar-refractivity contribution in [3.05, 3.63) is 18.0 Å². The summed E-state index contributed by atoms with van der Waals surface area (Å²) in [7, 11) is 0. The Labute approximate surface area is 63.4 Å². The van der Waals surface area contributed by atoms with Crippen LogP contribution in [0.3, 0.4) is 0 Å². The molecule has 60 valence electrons. The Morgan fingerprint density at radius 2 is 2.55 bits per heavy atom. The molecule has 0 spiro atoms. The summed E-state index contributed by atoms with van der Waals surface area (Å²) in [4.78, 5) is 10.5. The number of nitrogens with zero attached hydrogens (tertiary/aromatic N) is 2. The number of hydrogen-bond donors (Lipinski definition) is 2. The van der Waals surface area contributed by atoms with E-state index >= 15 is 0 Å². The van der Waals surface area contributed by atoms with Crippen LogP contribution >= 0.6 is 0 Å². The van der Waals surface area contributed by atoms with Gasteiger partial charge in [-0.1, -0.05) is 0 Å². The van der Waals surface area contributed by atoms with E-state index in [0.29, 0.717) is 6.54 Å². The van der Waals surface area contributed by atoms with Gasteiger partial charge in [-0.2, -0.15) is 5.10 Å². The van der Waals surface area contributed by atoms with Crippen molar-refractivity contribution in [1.29, 1.82) is 0 Å². The fourth-order valence-electron chi connectivity index (χ4n) is 0.720. The summed E-state index contributed by atoms with van der Waals surface area (Å²) in [5, 5.41) is 12.3. The van der Waals surface area contributed by atoms with Gasteiger partial charge < -0.3 is 10.8 Å². The number of aliphatic hydroxyl groups excluding tert-OH is 1. The molecule has 1 heterocycles. The van der Waals surface area contributed by atoms with Crippen molar-refractivity contribution in [1.82, 2.24) is 9.78 Å². The van der Waals surface area contributed by atoms with E-state index in [4.69, 9.17) is 10.8 Å². The Morgan fingerprint density at radius 1 is 1.82 bits per heavy atom. The van der Waals surface area contributed by atoms with Gasteiger partial charge in [0.25, 0.3) is 5.91 Å². The van der Waals surface area contributed by atoms with Crippen molar-refractivity contribution in [3.63, 3.8) is 0 Å². The van der Waals surface area contributed by atoms with Gasteiger partial charge in [-0.3, -0.25) is 9.48 Å². The molecule has 5 heteroatoms. The standard InChI is InChI=1S/C6H9N3O2/c7-6(11)5-1-2-9(8-5)3-4-10/h1-2,10H,3-4H2,(H2,7,11). The minimum absolute atomic E-state index is 0.000117. The van der Waals surface area contributed by atoms with E-state index in [-0.39, 0.29) is 12.3 Å². The van der Waals surface area contributed by atoms with Crippen LogP contribution in [0.5, 0.6) is 0 Å². The third-order valence-corrected chi connectivity index (χ3v) is 1.22. The van der Waals surface area contributed by atoms with E-state index in [2.05, 4.69) is 5.10 Å². The highest BCUT2D eigenvalue weighted by atomic mass is 16.3. The van der Waals surface area contributed by atoms with Crippen molar-refractivity contribution in [2.45, 2.75) is 6.54 Å². The molecule has 0 radical (unpaired) electrons. The zero-order valence-corrected chi connectivity index (χ0v) is 5.90. The second kappa shape index (κ2) is 3.16. The molecular formula is C6H9N3O2. The molecule has 0 aliphatic carbocycles. The van der Waals surface area contributed by atoms with E-state index < -0.39 is 5.91 Å². The molecule has 0 aliphatic rings. The van der Waals surface area contributed by atoms with Crippen molar-refractivity contribution in [2.75, 3.05) is 6.61 Å². The minimum atomic E-state index is -0.554. The summed E-state index contributed by atoms with van der Waals surface area (Å²) in [5.41, 5.74) is 5.17. The molecule has 1 amide bonds. The van der Waals surface area contributed by atoms with Gasteiger partial charge in [0, 0.05) is 6.20 Å². The summed E-state index contributed by atoms with van der Waals surface area (Å²) < 4.78 is 1.46. The number of hydrogen-bond acceptors (Lipinski definition) is 3. The van der Waals surface area contributed by atoms with Gasteiger partial charge in [-0.15, -0.1) is 0 Å². The molecular weight excluding hydrogens is 146 g/mol. The van der Waals surface area contributed by atoms with E-state index in [0.717, 1.165) is 0 Å². The van der Waals surface area contributed by atoms with Gasteiger partial charge >= 0.3 is 0 Å². The van der Waals surface area contributed by atoms with E-state index in [9.17, 15) is 4.79 Å². The lowest BCUT2D eigenvalue weighted by atomic mass is 10.4. The molecule has 0 saturated carbocycles. The summed E-state index contributed by atoms with van der Waals surface area (Å²) in [6, 6.07) is 1.51. The number of nitrogens with two attached hydrogens (primary N) is 1. The third kappa shape index (κ3) is 1.78. The summed E-state index contributed by atoms with van der Waals surface area (Å²) in [6.45, 7) is 0.382. The maximum atomic E-state index is 10.5. The van der Waals surface area contributed by atoms with Gasteiger partial charge in [-0.25, -0.2) is 0 Å². The van der Waals surface area contributed by atoms with Crippen LogP contribution in [0.2, 0.25) is 0 Å². The molecule has 0 atom stereocenters. The molecule has 0 fully saturated rings. The van der Waals surface area contributed by atoms with Gasteiger partial charge in [0.05, 0.1) is 13.2 Å². The Balaban J connectivity index is 2.73. The summed E-state index contributed by atoms with van der Waals surface area (Å²) >= 11 is 0. The molecule has 3 N–H and O–H groups in total. The monoisotopic (exact) mass is 155 g/mol. The number of amides is 1. The van der Waals surface area contributed by atoms with Crippen LogP contribution in [0.4, 0.5) is 0 Å². The zero-order chi connectivity index (χ0) is 8.27. The molecule has 1 aromatic rings. The molecule has 0 bridgehead atoms. The van der Waals surface area contributed by atoms with Crippen molar-refractivity contribution in [3.8, 4) is 0 Å². The highest BCUT2D eigenvalue weighted by Crippen LogP contribution is 1.92. The maximum absolute atomic E-state index is 10.5. The van der Waals surface area contributed by atoms with E-state index in [1.54, 1.807) is 6.20 Å². The molecule has 0 saturated heterocycles. The third-order valence-electron chi connectivity index (χ3n) is 1.22. The van der Waals surface area contributed by atoms with Crippen LogP contribution < -0.4 is 5.73 Å². The lowest BCUT2D eigenvalue weighted by molar-refractivity contribution is 0.0994. The average molecular weight is 155 g/mol. The second-order valence-corrected chi connectivity index (χ2v) is 2.05. The van der Waals surface area contributed by atoms with Crippen LogP contribution in [0.15, 0.2) is 12.3 Å².